The molecule has 0 fully saturated rings. The third kappa shape index (κ3) is 3.07. The Morgan fingerprint density at radius 2 is 2.29 bits per heavy atom. The maximum Gasteiger partial charge on any atom is 0.306 e. The summed E-state index contributed by atoms with van der Waals surface area (Å²) in [6, 6.07) is 8.01. The molecule has 76 valence electrons. The van der Waals surface area contributed by atoms with E-state index < -0.39 is 5.97 Å². The highest BCUT2D eigenvalue weighted by Crippen LogP contribution is 2.18. The van der Waals surface area contributed by atoms with Crippen molar-refractivity contribution in [2.75, 3.05) is 6.26 Å². The molecule has 0 aliphatic heterocycles. The van der Waals surface area contributed by atoms with Crippen LogP contribution in [0.4, 0.5) is 0 Å². The molecule has 1 rings (SSSR count). The average Bonchev–Trinajstić information content (AvgIpc) is 2.18. The Labute approximate surface area is 88.3 Å². The van der Waals surface area contributed by atoms with Crippen molar-refractivity contribution < 1.29 is 9.90 Å². The summed E-state index contributed by atoms with van der Waals surface area (Å²) in [5, 5.41) is 8.76. The fraction of sp³-hybridized carbons (Fsp3) is 0.364. The molecular weight excluding hydrogens is 196 g/mol. The van der Waals surface area contributed by atoms with E-state index in [9.17, 15) is 4.79 Å². The van der Waals surface area contributed by atoms with Crippen molar-refractivity contribution in [3.8, 4) is 0 Å². The lowest BCUT2D eigenvalue weighted by molar-refractivity contribution is -0.141. The lowest BCUT2D eigenvalue weighted by atomic mass is 10.0. The molecule has 0 aliphatic carbocycles. The predicted octanol–water partition coefficient (Wildman–Crippen LogP) is 2.67. The van der Waals surface area contributed by atoms with Gasteiger partial charge in [-0.2, -0.15) is 0 Å². The minimum atomic E-state index is -0.737. The van der Waals surface area contributed by atoms with Gasteiger partial charge in [0.1, 0.15) is 0 Å². The third-order valence-electron chi connectivity index (χ3n) is 2.10. The number of aliphatic carboxylic acids is 1. The number of hydrogen-bond donors (Lipinski definition) is 1. The maximum atomic E-state index is 10.7. The maximum absolute atomic E-state index is 10.7. The van der Waals surface area contributed by atoms with Gasteiger partial charge in [0, 0.05) is 4.90 Å². The monoisotopic (exact) mass is 210 g/mol. The Hall–Kier alpha value is -0.960. The molecule has 0 aliphatic rings. The molecule has 0 saturated carbocycles. The zero-order valence-electron chi connectivity index (χ0n) is 8.36. The Morgan fingerprint density at radius 1 is 1.57 bits per heavy atom. The van der Waals surface area contributed by atoms with Crippen LogP contribution < -0.4 is 0 Å². The van der Waals surface area contributed by atoms with Gasteiger partial charge >= 0.3 is 5.97 Å². The Kier molecular flexibility index (Phi) is 4.01. The van der Waals surface area contributed by atoms with Crippen LogP contribution in [0, 0.1) is 5.92 Å². The Balaban J connectivity index is 2.71. The molecule has 1 atom stereocenters. The molecule has 1 N–H and O–H groups in total. The van der Waals surface area contributed by atoms with Crippen molar-refractivity contribution in [3.63, 3.8) is 0 Å². The molecule has 0 heterocycles. The second-order valence-electron chi connectivity index (χ2n) is 3.29. The van der Waals surface area contributed by atoms with Crippen LogP contribution >= 0.6 is 11.8 Å². The first-order valence-electron chi connectivity index (χ1n) is 4.49. The number of thioether (sulfide) groups is 1. The van der Waals surface area contributed by atoms with Gasteiger partial charge in [-0.1, -0.05) is 19.1 Å². The smallest absolute Gasteiger partial charge is 0.306 e. The fourth-order valence-corrected chi connectivity index (χ4v) is 1.72. The molecule has 1 aromatic carbocycles. The van der Waals surface area contributed by atoms with Crippen LogP contribution in [0.3, 0.4) is 0 Å². The van der Waals surface area contributed by atoms with Crippen molar-refractivity contribution in [2.45, 2.75) is 18.2 Å². The standard InChI is InChI=1S/C11H14O2S/c1-8(11(12)13)6-9-4-3-5-10(7-9)14-2/h3-5,7-8H,6H2,1-2H3,(H,12,13)/t8-/m0/s1. The number of rotatable bonds is 4. The van der Waals surface area contributed by atoms with Crippen molar-refractivity contribution in [3.05, 3.63) is 29.8 Å². The number of carboxylic acid groups (broad SMARTS) is 1. The van der Waals surface area contributed by atoms with Gasteiger partial charge in [-0.3, -0.25) is 4.79 Å². The molecule has 2 nitrogen and oxygen atoms in total. The van der Waals surface area contributed by atoms with Crippen molar-refractivity contribution >= 4 is 17.7 Å². The minimum Gasteiger partial charge on any atom is -0.481 e. The summed E-state index contributed by atoms with van der Waals surface area (Å²) in [5.74, 6) is -1.05. The van der Waals surface area contributed by atoms with Gasteiger partial charge in [0.2, 0.25) is 0 Å². The molecule has 0 unspecified atom stereocenters. The molecule has 0 radical (unpaired) electrons. The zero-order chi connectivity index (χ0) is 10.6. The lowest BCUT2D eigenvalue weighted by Crippen LogP contribution is -2.12. The number of carboxylic acids is 1. The van der Waals surface area contributed by atoms with Crippen LogP contribution in [-0.2, 0) is 11.2 Å². The van der Waals surface area contributed by atoms with E-state index in [2.05, 4.69) is 0 Å². The summed E-state index contributed by atoms with van der Waals surface area (Å²) in [6.07, 6.45) is 2.61. The molecular formula is C11H14O2S. The van der Waals surface area contributed by atoms with Gasteiger partial charge in [-0.15, -0.1) is 11.8 Å². The summed E-state index contributed by atoms with van der Waals surface area (Å²) in [7, 11) is 0. The van der Waals surface area contributed by atoms with Gasteiger partial charge in [0.15, 0.2) is 0 Å². The summed E-state index contributed by atoms with van der Waals surface area (Å²) >= 11 is 1.67. The largest absolute Gasteiger partial charge is 0.481 e. The number of hydrogen-bond acceptors (Lipinski definition) is 2. The van der Waals surface area contributed by atoms with Gasteiger partial charge < -0.3 is 5.11 Å². The number of carbonyl (C=O) groups is 1. The van der Waals surface area contributed by atoms with Crippen molar-refractivity contribution in [1.29, 1.82) is 0 Å². The molecule has 0 saturated heterocycles. The SMILES string of the molecule is CSc1cccc(C[C@H](C)C(=O)O)c1. The highest BCUT2D eigenvalue weighted by atomic mass is 32.2. The van der Waals surface area contributed by atoms with E-state index in [0.717, 1.165) is 5.56 Å². The van der Waals surface area contributed by atoms with E-state index in [1.807, 2.05) is 30.5 Å². The van der Waals surface area contributed by atoms with Crippen LogP contribution in [0.15, 0.2) is 29.2 Å². The molecule has 0 spiro atoms. The first kappa shape index (κ1) is 11.1. The van der Waals surface area contributed by atoms with E-state index >= 15 is 0 Å². The van der Waals surface area contributed by atoms with E-state index in [4.69, 9.17) is 5.11 Å². The van der Waals surface area contributed by atoms with Gasteiger partial charge in [0.05, 0.1) is 5.92 Å². The third-order valence-corrected chi connectivity index (χ3v) is 2.82. The molecule has 0 aromatic heterocycles. The van der Waals surface area contributed by atoms with E-state index in [-0.39, 0.29) is 5.92 Å². The fourth-order valence-electron chi connectivity index (χ4n) is 1.24. The van der Waals surface area contributed by atoms with E-state index in [0.29, 0.717) is 6.42 Å². The molecule has 0 amide bonds. The van der Waals surface area contributed by atoms with Gasteiger partial charge in [-0.25, -0.2) is 0 Å². The quantitative estimate of drug-likeness (QED) is 0.776. The first-order chi connectivity index (χ1) is 6.63. The molecule has 14 heavy (non-hydrogen) atoms. The van der Waals surface area contributed by atoms with E-state index in [1.165, 1.54) is 4.90 Å². The van der Waals surface area contributed by atoms with Gasteiger partial charge in [-0.05, 0) is 30.4 Å². The van der Waals surface area contributed by atoms with Crippen molar-refractivity contribution in [2.24, 2.45) is 5.92 Å². The highest BCUT2D eigenvalue weighted by Gasteiger charge is 2.11. The topological polar surface area (TPSA) is 37.3 Å². The van der Waals surface area contributed by atoms with Crippen LogP contribution in [0.25, 0.3) is 0 Å². The van der Waals surface area contributed by atoms with Crippen LogP contribution in [0.5, 0.6) is 0 Å². The Morgan fingerprint density at radius 3 is 2.86 bits per heavy atom. The average molecular weight is 210 g/mol. The molecule has 0 bridgehead atoms. The summed E-state index contributed by atoms with van der Waals surface area (Å²) in [5.41, 5.74) is 1.09. The van der Waals surface area contributed by atoms with Gasteiger partial charge in [0.25, 0.3) is 0 Å². The second kappa shape index (κ2) is 5.05. The minimum absolute atomic E-state index is 0.313. The van der Waals surface area contributed by atoms with Crippen LogP contribution in [0.2, 0.25) is 0 Å². The van der Waals surface area contributed by atoms with Crippen LogP contribution in [0.1, 0.15) is 12.5 Å². The number of benzene rings is 1. The predicted molar refractivity (Wildman–Crippen MR) is 58.7 cm³/mol. The molecule has 3 heteroatoms. The highest BCUT2D eigenvalue weighted by molar-refractivity contribution is 7.98. The summed E-state index contributed by atoms with van der Waals surface area (Å²) < 4.78 is 0. The van der Waals surface area contributed by atoms with E-state index in [1.54, 1.807) is 18.7 Å². The Bertz CT molecular complexity index is 323. The zero-order valence-corrected chi connectivity index (χ0v) is 9.17. The molecule has 1 aromatic rings. The first-order valence-corrected chi connectivity index (χ1v) is 5.71. The van der Waals surface area contributed by atoms with Crippen LogP contribution in [-0.4, -0.2) is 17.3 Å². The second-order valence-corrected chi connectivity index (χ2v) is 4.17. The normalized spacial score (nSPS) is 12.4. The summed E-state index contributed by atoms with van der Waals surface area (Å²) in [4.78, 5) is 11.8. The lowest BCUT2D eigenvalue weighted by Gasteiger charge is -2.06. The summed E-state index contributed by atoms with van der Waals surface area (Å²) in [6.45, 7) is 1.73. The van der Waals surface area contributed by atoms with Crippen molar-refractivity contribution in [1.82, 2.24) is 0 Å².